The predicted octanol–water partition coefficient (Wildman–Crippen LogP) is 11.7. The maximum absolute atomic E-state index is 10.7. The molecular weight excluding hydrogens is 1380 g/mol. The topological polar surface area (TPSA) is 259 Å². The van der Waals surface area contributed by atoms with E-state index in [0.29, 0.717) is 45.7 Å². The van der Waals surface area contributed by atoms with Crippen molar-refractivity contribution in [2.24, 2.45) is 20.0 Å². The summed E-state index contributed by atoms with van der Waals surface area (Å²) in [7, 11) is -12.2. The SMILES string of the molecule is N=C1C=CC=CC1=Nc1ccccc1.N=C1C=CC=CC1=Nc1ccccc1.N=C1C=CC=CC1=Nc1ccccc1.N=C1C=CC=CC1=Nc1ccccc1.O=S(=O)([O-])C(F)(F)F.O=S(=O)([O-])C(F)(F)F.[Pt].[Pt]. The van der Waals surface area contributed by atoms with E-state index in [1.54, 1.807) is 24.3 Å². The first-order valence-corrected chi connectivity index (χ1v) is 23.1. The Morgan fingerprint density at radius 1 is 0.324 bits per heavy atom. The van der Waals surface area contributed by atoms with E-state index in [-0.39, 0.29) is 42.1 Å². The van der Waals surface area contributed by atoms with E-state index in [2.05, 4.69) is 20.0 Å². The minimum atomic E-state index is -6.09. The van der Waals surface area contributed by atoms with Gasteiger partial charge in [0.05, 0.1) is 68.4 Å². The summed E-state index contributed by atoms with van der Waals surface area (Å²) >= 11 is 0. The van der Waals surface area contributed by atoms with Crippen LogP contribution in [0.4, 0.5) is 49.1 Å². The van der Waals surface area contributed by atoms with Gasteiger partial charge in [0.15, 0.2) is 20.2 Å². The van der Waals surface area contributed by atoms with Crippen LogP contribution in [0.1, 0.15) is 0 Å². The van der Waals surface area contributed by atoms with Crippen molar-refractivity contribution in [3.63, 3.8) is 0 Å². The van der Waals surface area contributed by atoms with Gasteiger partial charge in [-0.05, 0) is 97.1 Å². The van der Waals surface area contributed by atoms with Gasteiger partial charge in [0.1, 0.15) is 0 Å². The molecule has 0 aliphatic heterocycles. The van der Waals surface area contributed by atoms with Crippen LogP contribution >= 0.6 is 0 Å². The van der Waals surface area contributed by atoms with Crippen LogP contribution in [0.2, 0.25) is 0 Å². The Kier molecular flexibility index (Phi) is 28.3. The van der Waals surface area contributed by atoms with Crippen LogP contribution in [-0.4, -0.2) is 82.7 Å². The molecular formula is C50H40F6N8O6Pt2S2-2. The van der Waals surface area contributed by atoms with Gasteiger partial charge < -0.3 is 9.11 Å². The van der Waals surface area contributed by atoms with Gasteiger partial charge in [-0.2, -0.15) is 26.3 Å². The van der Waals surface area contributed by atoms with E-state index in [1.165, 1.54) is 0 Å². The van der Waals surface area contributed by atoms with E-state index in [1.807, 2.05) is 194 Å². The molecule has 4 N–H and O–H groups in total. The molecule has 4 aliphatic carbocycles. The van der Waals surface area contributed by atoms with Crippen LogP contribution in [0.25, 0.3) is 0 Å². The molecule has 24 heteroatoms. The molecule has 0 radical (unpaired) electrons. The van der Waals surface area contributed by atoms with Gasteiger partial charge in [0.2, 0.25) is 0 Å². The van der Waals surface area contributed by atoms with Crippen LogP contribution < -0.4 is 0 Å². The summed E-state index contributed by atoms with van der Waals surface area (Å²) in [4.78, 5) is 17.4. The number of nitrogens with one attached hydrogen (secondary N) is 4. The van der Waals surface area contributed by atoms with Crippen LogP contribution in [0, 0.1) is 21.6 Å². The molecule has 392 valence electrons. The van der Waals surface area contributed by atoms with Crippen molar-refractivity contribution >= 4 is 88.7 Å². The standard InChI is InChI=1S/4C12H10N2.2CHF3O3S.2Pt/c4*13-11-8-4-5-9-12(11)14-10-6-2-1-3-7-10;2*2-1(3,4)8(5,6)7;;/h4*1-9,13H;2*(H,5,6,7);;/p-2. The average molecular weight is 1420 g/mol. The zero-order valence-corrected chi connectivity index (χ0v) is 43.9. The Hall–Kier alpha value is -7.06. The first kappa shape index (κ1) is 65.0. The monoisotopic (exact) mass is 1420 g/mol. The fraction of sp³-hybridized carbons (Fsp3) is 0.0400. The van der Waals surface area contributed by atoms with Crippen molar-refractivity contribution in [1.29, 1.82) is 21.6 Å². The molecule has 0 unspecified atom stereocenters. The Morgan fingerprint density at radius 3 is 0.608 bits per heavy atom. The van der Waals surface area contributed by atoms with Gasteiger partial charge in [-0.15, -0.1) is 0 Å². The number of para-hydroxylation sites is 4. The molecule has 0 bridgehead atoms. The smallest absolute Gasteiger partial charge is 0.485 e. The molecule has 0 atom stereocenters. The van der Waals surface area contributed by atoms with Crippen molar-refractivity contribution < 1.29 is 94.4 Å². The molecule has 14 nitrogen and oxygen atoms in total. The first-order chi connectivity index (χ1) is 33.9. The van der Waals surface area contributed by atoms with Crippen LogP contribution in [-0.2, 0) is 62.4 Å². The number of benzene rings is 4. The number of aliphatic imine (C=N–C) groups is 4. The van der Waals surface area contributed by atoms with Crippen molar-refractivity contribution in [3.05, 3.63) is 219 Å². The summed E-state index contributed by atoms with van der Waals surface area (Å²) < 4.78 is 118. The van der Waals surface area contributed by atoms with E-state index in [0.717, 1.165) is 22.7 Å². The third-order valence-electron chi connectivity index (χ3n) is 8.21. The average Bonchev–Trinajstić information content (AvgIpc) is 3.33. The van der Waals surface area contributed by atoms with E-state index >= 15 is 0 Å². The van der Waals surface area contributed by atoms with Crippen molar-refractivity contribution in [2.45, 2.75) is 11.0 Å². The zero-order valence-electron chi connectivity index (χ0n) is 37.7. The third kappa shape index (κ3) is 25.1. The molecule has 0 saturated carbocycles. The molecule has 4 aromatic rings. The molecule has 0 aromatic heterocycles. The second-order valence-electron chi connectivity index (χ2n) is 13.7. The Labute approximate surface area is 451 Å². The molecule has 0 amide bonds. The minimum absolute atomic E-state index is 0. The minimum Gasteiger partial charge on any atom is -0.741 e. The maximum Gasteiger partial charge on any atom is 0.485 e. The molecule has 0 fully saturated rings. The van der Waals surface area contributed by atoms with Gasteiger partial charge in [-0.25, -0.2) is 36.8 Å². The van der Waals surface area contributed by atoms with Gasteiger partial charge in [-0.1, -0.05) is 121 Å². The van der Waals surface area contributed by atoms with Crippen molar-refractivity contribution in [2.75, 3.05) is 0 Å². The quantitative estimate of drug-likeness (QED) is 0.0668. The molecule has 0 spiro atoms. The fourth-order valence-electron chi connectivity index (χ4n) is 4.85. The number of halogens is 6. The molecule has 0 heterocycles. The number of rotatable bonds is 4. The van der Waals surface area contributed by atoms with Gasteiger partial charge in [0.25, 0.3) is 0 Å². The van der Waals surface area contributed by atoms with E-state index in [9.17, 15) is 26.3 Å². The number of nitrogens with zero attached hydrogens (tertiary/aromatic N) is 4. The number of hydrogen-bond acceptors (Lipinski definition) is 14. The number of alkyl halides is 6. The van der Waals surface area contributed by atoms with E-state index in [4.69, 9.17) is 47.6 Å². The molecule has 4 aliphatic rings. The molecule has 4 aromatic carbocycles. The third-order valence-corrected chi connectivity index (χ3v) is 9.34. The molecule has 8 rings (SSSR count). The first-order valence-electron chi connectivity index (χ1n) is 20.3. The van der Waals surface area contributed by atoms with Crippen LogP contribution in [0.5, 0.6) is 0 Å². The van der Waals surface area contributed by atoms with Crippen molar-refractivity contribution in [3.8, 4) is 0 Å². The Morgan fingerprint density at radius 2 is 0.473 bits per heavy atom. The van der Waals surface area contributed by atoms with Crippen LogP contribution in [0.15, 0.2) is 239 Å². The summed E-state index contributed by atoms with van der Waals surface area (Å²) in [6, 6.07) is 38.7. The van der Waals surface area contributed by atoms with Crippen molar-refractivity contribution in [1.82, 2.24) is 0 Å². The van der Waals surface area contributed by atoms with Gasteiger partial charge >= 0.3 is 11.0 Å². The van der Waals surface area contributed by atoms with E-state index < -0.39 is 31.3 Å². The number of hydrogen-bond donors (Lipinski definition) is 4. The Balaban J connectivity index is 0.000000448. The summed E-state index contributed by atoms with van der Waals surface area (Å²) in [5.74, 6) is 0. The molecule has 0 saturated heterocycles. The Bertz CT molecular complexity index is 2770. The van der Waals surface area contributed by atoms with Gasteiger partial charge in [-0.3, -0.25) is 21.6 Å². The summed E-state index contributed by atoms with van der Waals surface area (Å²) in [6.45, 7) is 0. The summed E-state index contributed by atoms with van der Waals surface area (Å²) in [5, 5.41) is 30.5. The van der Waals surface area contributed by atoms with Gasteiger partial charge in [0, 0.05) is 42.1 Å². The largest absolute Gasteiger partial charge is 0.741 e. The fourth-order valence-corrected chi connectivity index (χ4v) is 4.85. The second kappa shape index (κ2) is 32.2. The molecule has 74 heavy (non-hydrogen) atoms. The predicted molar refractivity (Wildman–Crippen MR) is 270 cm³/mol. The summed E-state index contributed by atoms with van der Waals surface area (Å²) in [5.41, 5.74) is -3.12. The summed E-state index contributed by atoms with van der Waals surface area (Å²) in [6.07, 6.45) is 29.2. The number of allylic oxidation sites excluding steroid dienone is 16. The zero-order chi connectivity index (χ0) is 53.2. The van der Waals surface area contributed by atoms with Crippen LogP contribution in [0.3, 0.4) is 0 Å². The normalized spacial score (nSPS) is 16.4. The second-order valence-corrected chi connectivity index (χ2v) is 16.4. The maximum atomic E-state index is 10.7.